The molecular weight excluding hydrogens is 446 g/mol. The van der Waals surface area contributed by atoms with Gasteiger partial charge in [-0.2, -0.15) is 0 Å². The predicted molar refractivity (Wildman–Crippen MR) is 119 cm³/mol. The van der Waals surface area contributed by atoms with Crippen LogP contribution in [0.4, 0.5) is 0 Å². The summed E-state index contributed by atoms with van der Waals surface area (Å²) in [7, 11) is 0. The highest BCUT2D eigenvalue weighted by Gasteiger charge is 2.39. The van der Waals surface area contributed by atoms with Crippen LogP contribution in [0.1, 0.15) is 25.1 Å². The number of halogens is 1. The standard InChI is InChI=1S/C23H18ClN5O4/c1-23(2)32-21(30)19(22(31)33-23)10-14-11-28(20-18(14)4-3-9-25-20)12-16-13-29(27-26-16)17-7-5-15(24)6-8-17/h3-11,13H,12H2,1-2H3. The molecule has 0 spiro atoms. The molecule has 5 rings (SSSR count). The monoisotopic (exact) mass is 463 g/mol. The Bertz CT molecular complexity index is 1400. The molecule has 4 heterocycles. The van der Waals surface area contributed by atoms with Crippen molar-refractivity contribution in [1.29, 1.82) is 0 Å². The molecule has 3 aromatic heterocycles. The van der Waals surface area contributed by atoms with Gasteiger partial charge < -0.3 is 14.0 Å². The largest absolute Gasteiger partial charge is 0.419 e. The molecule has 1 aliphatic heterocycles. The van der Waals surface area contributed by atoms with E-state index in [4.69, 9.17) is 21.1 Å². The summed E-state index contributed by atoms with van der Waals surface area (Å²) in [5.74, 6) is -2.75. The minimum absolute atomic E-state index is 0.175. The predicted octanol–water partition coefficient (Wildman–Crippen LogP) is 3.54. The zero-order valence-corrected chi connectivity index (χ0v) is 18.5. The molecule has 0 atom stereocenters. The Balaban J connectivity index is 1.48. The number of hydrogen-bond donors (Lipinski definition) is 0. The molecule has 0 N–H and O–H groups in total. The molecule has 1 aromatic carbocycles. The lowest BCUT2D eigenvalue weighted by Gasteiger charge is -2.29. The summed E-state index contributed by atoms with van der Waals surface area (Å²) >= 11 is 5.95. The van der Waals surface area contributed by atoms with Crippen LogP contribution >= 0.6 is 11.6 Å². The molecule has 9 nitrogen and oxygen atoms in total. The van der Waals surface area contributed by atoms with E-state index < -0.39 is 17.7 Å². The van der Waals surface area contributed by atoms with Gasteiger partial charge in [0, 0.05) is 42.2 Å². The van der Waals surface area contributed by atoms with Crippen LogP contribution in [0.3, 0.4) is 0 Å². The molecule has 166 valence electrons. The Morgan fingerprint density at radius 1 is 1.06 bits per heavy atom. The molecule has 0 radical (unpaired) electrons. The molecule has 4 aromatic rings. The van der Waals surface area contributed by atoms with Crippen LogP contribution in [-0.2, 0) is 25.6 Å². The van der Waals surface area contributed by atoms with Crippen LogP contribution in [0.15, 0.2) is 60.6 Å². The topological polar surface area (TPSA) is 101 Å². The third kappa shape index (κ3) is 4.10. The number of esters is 2. The van der Waals surface area contributed by atoms with Crippen molar-refractivity contribution in [2.24, 2.45) is 0 Å². The van der Waals surface area contributed by atoms with Crippen molar-refractivity contribution in [2.75, 3.05) is 0 Å². The maximum absolute atomic E-state index is 12.4. The third-order valence-corrected chi connectivity index (χ3v) is 5.30. The van der Waals surface area contributed by atoms with E-state index in [0.29, 0.717) is 28.5 Å². The second-order valence-electron chi connectivity index (χ2n) is 7.95. The summed E-state index contributed by atoms with van der Waals surface area (Å²) in [4.78, 5) is 29.2. The van der Waals surface area contributed by atoms with Crippen molar-refractivity contribution in [3.63, 3.8) is 0 Å². The van der Waals surface area contributed by atoms with Gasteiger partial charge >= 0.3 is 11.9 Å². The maximum Gasteiger partial charge on any atom is 0.348 e. The van der Waals surface area contributed by atoms with E-state index in [1.54, 1.807) is 35.3 Å². The Morgan fingerprint density at radius 2 is 1.79 bits per heavy atom. The molecule has 0 saturated carbocycles. The third-order valence-electron chi connectivity index (χ3n) is 5.05. The summed E-state index contributed by atoms with van der Waals surface area (Å²) in [5, 5.41) is 9.83. The van der Waals surface area contributed by atoms with Crippen LogP contribution in [-0.4, -0.2) is 42.3 Å². The fraction of sp³-hybridized carbons (Fsp3) is 0.174. The number of hydrogen-bond acceptors (Lipinski definition) is 7. The summed E-state index contributed by atoms with van der Waals surface area (Å²) in [6.07, 6.45) is 6.75. The van der Waals surface area contributed by atoms with Crippen LogP contribution in [0, 0.1) is 0 Å². The van der Waals surface area contributed by atoms with Gasteiger partial charge in [0.1, 0.15) is 16.9 Å². The lowest BCUT2D eigenvalue weighted by atomic mass is 10.1. The van der Waals surface area contributed by atoms with Crippen LogP contribution < -0.4 is 0 Å². The lowest BCUT2D eigenvalue weighted by Crippen LogP contribution is -2.41. The van der Waals surface area contributed by atoms with E-state index >= 15 is 0 Å². The van der Waals surface area contributed by atoms with Gasteiger partial charge in [0.05, 0.1) is 18.4 Å². The Hall–Kier alpha value is -3.98. The molecular formula is C23H18ClN5O4. The average Bonchev–Trinajstić information content (AvgIpc) is 3.36. The first kappa shape index (κ1) is 20.9. The quantitative estimate of drug-likeness (QED) is 0.259. The maximum atomic E-state index is 12.4. The fourth-order valence-corrected chi connectivity index (χ4v) is 3.71. The molecule has 1 saturated heterocycles. The number of cyclic esters (lactones) is 2. The first-order valence-electron chi connectivity index (χ1n) is 10.1. The van der Waals surface area contributed by atoms with Crippen LogP contribution in [0.2, 0.25) is 5.02 Å². The van der Waals surface area contributed by atoms with Gasteiger partial charge in [-0.25, -0.2) is 19.3 Å². The van der Waals surface area contributed by atoms with Crippen molar-refractivity contribution >= 4 is 40.6 Å². The number of ether oxygens (including phenoxy) is 2. The first-order valence-corrected chi connectivity index (χ1v) is 10.5. The van der Waals surface area contributed by atoms with Gasteiger partial charge in [-0.1, -0.05) is 16.8 Å². The lowest BCUT2D eigenvalue weighted by molar-refractivity contribution is -0.222. The van der Waals surface area contributed by atoms with Crippen molar-refractivity contribution in [3.8, 4) is 5.69 Å². The van der Waals surface area contributed by atoms with Crippen molar-refractivity contribution in [3.05, 3.63) is 76.8 Å². The van der Waals surface area contributed by atoms with E-state index in [2.05, 4.69) is 15.3 Å². The Labute approximate surface area is 193 Å². The van der Waals surface area contributed by atoms with E-state index in [-0.39, 0.29) is 5.57 Å². The highest BCUT2D eigenvalue weighted by molar-refractivity contribution is 6.30. The molecule has 10 heteroatoms. The van der Waals surface area contributed by atoms with Gasteiger partial charge in [0.25, 0.3) is 5.79 Å². The second-order valence-corrected chi connectivity index (χ2v) is 8.39. The molecule has 33 heavy (non-hydrogen) atoms. The van der Waals surface area contributed by atoms with Crippen molar-refractivity contribution in [2.45, 2.75) is 26.2 Å². The zero-order chi connectivity index (χ0) is 23.2. The highest BCUT2D eigenvalue weighted by Crippen LogP contribution is 2.27. The summed E-state index contributed by atoms with van der Waals surface area (Å²) in [5.41, 5.74) is 2.65. The van der Waals surface area contributed by atoms with Crippen LogP contribution in [0.5, 0.6) is 0 Å². The van der Waals surface area contributed by atoms with E-state index in [9.17, 15) is 9.59 Å². The highest BCUT2D eigenvalue weighted by atomic mass is 35.5. The Morgan fingerprint density at radius 3 is 2.52 bits per heavy atom. The van der Waals surface area contributed by atoms with E-state index in [1.807, 2.05) is 29.0 Å². The summed E-state index contributed by atoms with van der Waals surface area (Å²) in [6, 6.07) is 10.9. The molecule has 0 aliphatic carbocycles. The molecule has 1 fully saturated rings. The average molecular weight is 464 g/mol. The summed E-state index contributed by atoms with van der Waals surface area (Å²) < 4.78 is 13.9. The van der Waals surface area contributed by atoms with Crippen LogP contribution in [0.25, 0.3) is 22.8 Å². The SMILES string of the molecule is CC1(C)OC(=O)C(=Cc2cn(Cc3cn(-c4ccc(Cl)cc4)nn3)c3ncccc23)C(=O)O1. The van der Waals surface area contributed by atoms with Crippen molar-refractivity contribution in [1.82, 2.24) is 24.5 Å². The number of carbonyl (C=O) groups excluding carboxylic acids is 2. The van der Waals surface area contributed by atoms with Crippen molar-refractivity contribution < 1.29 is 19.1 Å². The van der Waals surface area contributed by atoms with E-state index in [0.717, 1.165) is 11.1 Å². The first-order chi connectivity index (χ1) is 15.8. The fourth-order valence-electron chi connectivity index (χ4n) is 3.58. The number of aromatic nitrogens is 5. The van der Waals surface area contributed by atoms with Gasteiger partial charge in [0.2, 0.25) is 0 Å². The van der Waals surface area contributed by atoms with Gasteiger partial charge in [-0.05, 0) is 42.5 Å². The minimum atomic E-state index is -1.29. The normalized spacial score (nSPS) is 15.4. The van der Waals surface area contributed by atoms with Gasteiger partial charge in [-0.15, -0.1) is 5.10 Å². The minimum Gasteiger partial charge on any atom is -0.419 e. The second kappa shape index (κ2) is 7.86. The molecule has 0 unspecified atom stereocenters. The molecule has 0 amide bonds. The molecule has 0 bridgehead atoms. The smallest absolute Gasteiger partial charge is 0.348 e. The summed E-state index contributed by atoms with van der Waals surface area (Å²) in [6.45, 7) is 3.39. The Kier molecular flexibility index (Phi) is 4.98. The zero-order valence-electron chi connectivity index (χ0n) is 17.7. The van der Waals surface area contributed by atoms with Gasteiger partial charge in [0.15, 0.2) is 0 Å². The number of nitrogens with zero attached hydrogens (tertiary/aromatic N) is 5. The number of fused-ring (bicyclic) bond motifs is 1. The number of benzene rings is 1. The van der Waals surface area contributed by atoms with Gasteiger partial charge in [-0.3, -0.25) is 0 Å². The number of rotatable bonds is 4. The number of carbonyl (C=O) groups is 2. The molecule has 1 aliphatic rings. The number of pyridine rings is 1. The van der Waals surface area contributed by atoms with E-state index in [1.165, 1.54) is 19.9 Å².